The van der Waals surface area contributed by atoms with E-state index in [9.17, 15) is 4.79 Å². The first-order chi connectivity index (χ1) is 12.6. The summed E-state index contributed by atoms with van der Waals surface area (Å²) < 4.78 is 0. The van der Waals surface area contributed by atoms with Gasteiger partial charge in [0.15, 0.2) is 0 Å². The lowest BCUT2D eigenvalue weighted by Crippen LogP contribution is -2.26. The number of rotatable bonds is 6. The SMILES string of the molecule is Cc1cccc(Nc2cnc(C(=O)NCCC3=CCCCC3)cn2)c1C. The summed E-state index contributed by atoms with van der Waals surface area (Å²) in [7, 11) is 0. The van der Waals surface area contributed by atoms with Crippen molar-refractivity contribution in [2.45, 2.75) is 46.0 Å². The van der Waals surface area contributed by atoms with Crippen molar-refractivity contribution in [3.63, 3.8) is 0 Å². The molecular weight excluding hydrogens is 324 g/mol. The molecule has 0 bridgehead atoms. The molecular formula is C21H26N4O. The Balaban J connectivity index is 1.54. The Bertz CT molecular complexity index is 796. The van der Waals surface area contributed by atoms with E-state index in [1.807, 2.05) is 12.1 Å². The molecule has 136 valence electrons. The Labute approximate surface area is 155 Å². The third-order valence-corrected chi connectivity index (χ3v) is 4.87. The maximum Gasteiger partial charge on any atom is 0.271 e. The highest BCUT2D eigenvalue weighted by Gasteiger charge is 2.09. The molecule has 3 rings (SSSR count). The zero-order valence-electron chi connectivity index (χ0n) is 15.5. The fourth-order valence-electron chi connectivity index (χ4n) is 3.09. The van der Waals surface area contributed by atoms with Crippen LogP contribution in [0.2, 0.25) is 0 Å². The summed E-state index contributed by atoms with van der Waals surface area (Å²) >= 11 is 0. The second kappa shape index (κ2) is 8.61. The predicted octanol–water partition coefficient (Wildman–Crippen LogP) is 4.46. The molecule has 1 aliphatic rings. The monoisotopic (exact) mass is 350 g/mol. The molecule has 0 fully saturated rings. The number of nitrogens with zero attached hydrogens (tertiary/aromatic N) is 2. The van der Waals surface area contributed by atoms with Crippen LogP contribution in [-0.2, 0) is 0 Å². The van der Waals surface area contributed by atoms with Gasteiger partial charge in [0.2, 0.25) is 0 Å². The summed E-state index contributed by atoms with van der Waals surface area (Å²) in [5.74, 6) is 0.454. The van der Waals surface area contributed by atoms with Gasteiger partial charge in [-0.15, -0.1) is 0 Å². The number of hydrogen-bond donors (Lipinski definition) is 2. The number of allylic oxidation sites excluding steroid dienone is 1. The number of anilines is 2. The summed E-state index contributed by atoms with van der Waals surface area (Å²) in [5.41, 5.74) is 5.18. The highest BCUT2D eigenvalue weighted by Crippen LogP contribution is 2.21. The molecule has 0 saturated carbocycles. The summed E-state index contributed by atoms with van der Waals surface area (Å²) in [6, 6.07) is 6.08. The minimum Gasteiger partial charge on any atom is -0.350 e. The van der Waals surface area contributed by atoms with Gasteiger partial charge in [0, 0.05) is 12.2 Å². The molecule has 26 heavy (non-hydrogen) atoms. The van der Waals surface area contributed by atoms with Crippen molar-refractivity contribution in [1.82, 2.24) is 15.3 Å². The van der Waals surface area contributed by atoms with Crippen molar-refractivity contribution < 1.29 is 4.79 Å². The molecule has 2 aromatic rings. The van der Waals surface area contributed by atoms with E-state index in [0.29, 0.717) is 18.1 Å². The van der Waals surface area contributed by atoms with Crippen LogP contribution in [0, 0.1) is 13.8 Å². The molecule has 0 atom stereocenters. The second-order valence-electron chi connectivity index (χ2n) is 6.77. The number of benzene rings is 1. The number of nitrogens with one attached hydrogen (secondary N) is 2. The van der Waals surface area contributed by atoms with E-state index >= 15 is 0 Å². The highest BCUT2D eigenvalue weighted by atomic mass is 16.1. The lowest BCUT2D eigenvalue weighted by Gasteiger charge is -2.13. The number of aryl methyl sites for hydroxylation is 1. The highest BCUT2D eigenvalue weighted by molar-refractivity contribution is 5.92. The lowest BCUT2D eigenvalue weighted by atomic mass is 9.97. The molecule has 1 aliphatic carbocycles. The number of hydrogen-bond acceptors (Lipinski definition) is 4. The van der Waals surface area contributed by atoms with E-state index in [-0.39, 0.29) is 5.91 Å². The number of carbonyl (C=O) groups is 1. The lowest BCUT2D eigenvalue weighted by molar-refractivity contribution is 0.0948. The molecule has 1 aromatic carbocycles. The van der Waals surface area contributed by atoms with Crippen molar-refractivity contribution >= 4 is 17.4 Å². The normalized spacial score (nSPS) is 13.8. The van der Waals surface area contributed by atoms with Gasteiger partial charge in [-0.2, -0.15) is 0 Å². The second-order valence-corrected chi connectivity index (χ2v) is 6.77. The van der Waals surface area contributed by atoms with Crippen LogP contribution < -0.4 is 10.6 Å². The van der Waals surface area contributed by atoms with Gasteiger partial charge in [0.05, 0.1) is 12.4 Å². The zero-order valence-corrected chi connectivity index (χ0v) is 15.5. The summed E-state index contributed by atoms with van der Waals surface area (Å²) in [4.78, 5) is 20.8. The molecule has 0 aliphatic heterocycles. The van der Waals surface area contributed by atoms with Gasteiger partial charge in [0.1, 0.15) is 11.5 Å². The Morgan fingerprint density at radius 1 is 1.15 bits per heavy atom. The quantitative estimate of drug-likeness (QED) is 0.755. The Morgan fingerprint density at radius 3 is 2.77 bits per heavy atom. The molecule has 1 heterocycles. The summed E-state index contributed by atoms with van der Waals surface area (Å²) in [5, 5.41) is 6.18. The van der Waals surface area contributed by atoms with Crippen LogP contribution in [0.4, 0.5) is 11.5 Å². The average molecular weight is 350 g/mol. The van der Waals surface area contributed by atoms with Crippen LogP contribution in [0.5, 0.6) is 0 Å². The van der Waals surface area contributed by atoms with Crippen LogP contribution in [0.25, 0.3) is 0 Å². The molecule has 0 radical (unpaired) electrons. The van der Waals surface area contributed by atoms with Crippen LogP contribution >= 0.6 is 0 Å². The number of aromatic nitrogens is 2. The molecule has 0 unspecified atom stereocenters. The van der Waals surface area contributed by atoms with Crippen molar-refractivity contribution in [1.29, 1.82) is 0 Å². The largest absolute Gasteiger partial charge is 0.350 e. The van der Waals surface area contributed by atoms with Crippen LogP contribution in [0.3, 0.4) is 0 Å². The van der Waals surface area contributed by atoms with Gasteiger partial charge >= 0.3 is 0 Å². The maximum atomic E-state index is 12.2. The molecule has 0 saturated heterocycles. The van der Waals surface area contributed by atoms with Crippen LogP contribution in [0.15, 0.2) is 42.2 Å². The van der Waals surface area contributed by atoms with Gasteiger partial charge in [-0.25, -0.2) is 9.97 Å². The molecule has 5 nitrogen and oxygen atoms in total. The van der Waals surface area contributed by atoms with E-state index in [2.05, 4.69) is 46.6 Å². The first-order valence-corrected chi connectivity index (χ1v) is 9.25. The minimum atomic E-state index is -0.174. The standard InChI is InChI=1S/C21H26N4O/c1-15-7-6-10-18(16(15)2)25-20-14-23-19(13-24-20)21(26)22-12-11-17-8-4-3-5-9-17/h6-8,10,13-14H,3-5,9,11-12H2,1-2H3,(H,22,26)(H,24,25). The smallest absolute Gasteiger partial charge is 0.271 e. The Hall–Kier alpha value is -2.69. The minimum absolute atomic E-state index is 0.174. The summed E-state index contributed by atoms with van der Waals surface area (Å²) in [6.07, 6.45) is 11.2. The van der Waals surface area contributed by atoms with Crippen molar-refractivity contribution in [3.05, 3.63) is 59.1 Å². The third-order valence-electron chi connectivity index (χ3n) is 4.87. The molecule has 2 N–H and O–H groups in total. The topological polar surface area (TPSA) is 66.9 Å². The van der Waals surface area contributed by atoms with E-state index < -0.39 is 0 Å². The van der Waals surface area contributed by atoms with Gasteiger partial charge in [0.25, 0.3) is 5.91 Å². The Morgan fingerprint density at radius 2 is 2.04 bits per heavy atom. The fourth-order valence-corrected chi connectivity index (χ4v) is 3.09. The fraction of sp³-hybridized carbons (Fsp3) is 0.381. The molecule has 1 aromatic heterocycles. The van der Waals surface area contributed by atoms with Crippen LogP contribution in [0.1, 0.15) is 53.7 Å². The molecule has 0 spiro atoms. The summed E-state index contributed by atoms with van der Waals surface area (Å²) in [6.45, 7) is 4.78. The van der Waals surface area contributed by atoms with E-state index in [4.69, 9.17) is 0 Å². The third kappa shape index (κ3) is 4.69. The predicted molar refractivity (Wildman–Crippen MR) is 105 cm³/mol. The van der Waals surface area contributed by atoms with Gasteiger partial charge < -0.3 is 10.6 Å². The number of carbonyl (C=O) groups excluding carboxylic acids is 1. The number of amides is 1. The van der Waals surface area contributed by atoms with Crippen LogP contribution in [-0.4, -0.2) is 22.4 Å². The zero-order chi connectivity index (χ0) is 18.4. The van der Waals surface area contributed by atoms with Gasteiger partial charge in [-0.3, -0.25) is 4.79 Å². The first kappa shape index (κ1) is 18.1. The van der Waals surface area contributed by atoms with Gasteiger partial charge in [-0.05, 0) is 63.1 Å². The van der Waals surface area contributed by atoms with Crippen molar-refractivity contribution in [3.8, 4) is 0 Å². The molecule has 1 amide bonds. The first-order valence-electron chi connectivity index (χ1n) is 9.25. The maximum absolute atomic E-state index is 12.2. The molecule has 5 heteroatoms. The van der Waals surface area contributed by atoms with E-state index in [0.717, 1.165) is 18.5 Å². The Kier molecular flexibility index (Phi) is 6.00. The average Bonchev–Trinajstić information content (AvgIpc) is 2.67. The van der Waals surface area contributed by atoms with Crippen molar-refractivity contribution in [2.75, 3.05) is 11.9 Å². The van der Waals surface area contributed by atoms with Crippen molar-refractivity contribution in [2.24, 2.45) is 0 Å². The van der Waals surface area contributed by atoms with Gasteiger partial charge in [-0.1, -0.05) is 23.8 Å². The van der Waals surface area contributed by atoms with E-state index in [1.54, 1.807) is 6.20 Å². The van der Waals surface area contributed by atoms with E-state index in [1.165, 1.54) is 42.2 Å².